The highest BCUT2D eigenvalue weighted by Crippen LogP contribution is 2.35. The normalized spacial score (nSPS) is 17.3. The number of hydrogen-bond donors (Lipinski definition) is 2. The van der Waals surface area contributed by atoms with E-state index in [0.29, 0.717) is 23.7 Å². The van der Waals surface area contributed by atoms with E-state index in [9.17, 15) is 9.90 Å². The van der Waals surface area contributed by atoms with E-state index in [1.807, 2.05) is 49.4 Å². The first-order valence-electron chi connectivity index (χ1n) is 9.38. The van der Waals surface area contributed by atoms with Crippen LogP contribution >= 0.6 is 11.6 Å². The third kappa shape index (κ3) is 4.00. The minimum absolute atomic E-state index is 0.0156. The molecule has 2 N–H and O–H groups in total. The predicted octanol–water partition coefficient (Wildman–Crippen LogP) is 5.70. The van der Waals surface area contributed by atoms with Gasteiger partial charge in [0, 0.05) is 35.3 Å². The number of Topliss-reactive ketones (excluding diaryl/α,β-unsaturated/α-hetero) is 1. The molecule has 0 spiro atoms. The summed E-state index contributed by atoms with van der Waals surface area (Å²) in [6, 6.07) is 17.2. The van der Waals surface area contributed by atoms with Gasteiger partial charge in [0.15, 0.2) is 11.6 Å². The summed E-state index contributed by atoms with van der Waals surface area (Å²) in [6.45, 7) is 1.91. The minimum Gasteiger partial charge on any atom is -0.511 e. The molecule has 1 aliphatic rings. The molecule has 0 saturated carbocycles. The summed E-state index contributed by atoms with van der Waals surface area (Å²) in [7, 11) is 0. The number of ketones is 1. The summed E-state index contributed by atoms with van der Waals surface area (Å²) in [5, 5.41) is 18.3. The number of aliphatic hydroxyl groups is 1. The Labute approximate surface area is 173 Å². The Hall–Kier alpha value is -3.18. The van der Waals surface area contributed by atoms with Crippen LogP contribution < -0.4 is 0 Å². The number of carbonyl (C=O) groups excluding carboxylic acids is 1. The first-order valence-corrected chi connectivity index (χ1v) is 9.76. The van der Waals surface area contributed by atoms with Crippen molar-refractivity contribution in [3.63, 3.8) is 0 Å². The number of rotatable bonds is 4. The van der Waals surface area contributed by atoms with Gasteiger partial charge in [0.1, 0.15) is 5.76 Å². The first-order chi connectivity index (χ1) is 14.0. The average Bonchev–Trinajstić information content (AvgIpc) is 3.09. The molecule has 2 aromatic carbocycles. The van der Waals surface area contributed by atoms with Crippen LogP contribution in [0.25, 0.3) is 11.1 Å². The van der Waals surface area contributed by atoms with Crippen LogP contribution in [0.4, 0.5) is 5.82 Å². The number of halogens is 1. The fourth-order valence-corrected chi connectivity index (χ4v) is 3.74. The number of aliphatic hydroxyl groups excluding tert-OH is 1. The maximum Gasteiger partial charge on any atom is 0.181 e. The molecule has 0 saturated heterocycles. The number of benzene rings is 2. The van der Waals surface area contributed by atoms with Gasteiger partial charge in [-0.25, -0.2) is 4.99 Å². The molecular formula is C23H20ClN3O2. The van der Waals surface area contributed by atoms with E-state index in [4.69, 9.17) is 11.6 Å². The molecule has 5 nitrogen and oxygen atoms in total. The third-order valence-electron chi connectivity index (χ3n) is 5.13. The van der Waals surface area contributed by atoms with Gasteiger partial charge in [0.05, 0.1) is 5.57 Å². The molecule has 1 heterocycles. The number of allylic oxidation sites excluding steroid dienone is 2. The van der Waals surface area contributed by atoms with Crippen molar-refractivity contribution >= 4 is 29.4 Å². The number of aromatic amines is 1. The maximum absolute atomic E-state index is 12.7. The van der Waals surface area contributed by atoms with Crippen LogP contribution in [0.3, 0.4) is 0 Å². The monoisotopic (exact) mass is 405 g/mol. The lowest BCUT2D eigenvalue weighted by Gasteiger charge is -2.22. The van der Waals surface area contributed by atoms with Gasteiger partial charge in [-0.1, -0.05) is 54.1 Å². The summed E-state index contributed by atoms with van der Waals surface area (Å²) < 4.78 is 0. The van der Waals surface area contributed by atoms with E-state index < -0.39 is 0 Å². The van der Waals surface area contributed by atoms with Crippen molar-refractivity contribution in [3.8, 4) is 11.1 Å². The van der Waals surface area contributed by atoms with Gasteiger partial charge in [0.25, 0.3) is 0 Å². The second-order valence-electron chi connectivity index (χ2n) is 7.11. The lowest BCUT2D eigenvalue weighted by molar-refractivity contribution is -0.116. The van der Waals surface area contributed by atoms with E-state index in [1.165, 1.54) is 6.21 Å². The van der Waals surface area contributed by atoms with E-state index >= 15 is 0 Å². The van der Waals surface area contributed by atoms with Crippen molar-refractivity contribution in [3.05, 3.63) is 82.2 Å². The quantitative estimate of drug-likeness (QED) is 0.546. The number of nitrogens with one attached hydrogen (secondary N) is 1. The zero-order valence-corrected chi connectivity index (χ0v) is 16.6. The molecule has 0 fully saturated rings. The number of carbonyl (C=O) groups is 1. The molecular weight excluding hydrogens is 386 g/mol. The molecule has 1 unspecified atom stereocenters. The predicted molar refractivity (Wildman–Crippen MR) is 115 cm³/mol. The molecule has 3 aromatic rings. The molecule has 1 aromatic heterocycles. The number of aryl methyl sites for hydroxylation is 1. The van der Waals surface area contributed by atoms with E-state index in [1.54, 1.807) is 12.1 Å². The zero-order valence-electron chi connectivity index (χ0n) is 15.9. The lowest BCUT2D eigenvalue weighted by Crippen LogP contribution is -2.19. The zero-order chi connectivity index (χ0) is 20.4. The maximum atomic E-state index is 12.7. The molecule has 1 aliphatic carbocycles. The summed E-state index contributed by atoms with van der Waals surface area (Å²) in [5.74, 6) is 0.395. The molecule has 4 rings (SSSR count). The third-order valence-corrected chi connectivity index (χ3v) is 5.38. The standard InChI is InChI=1S/C23H20ClN3O2/c1-14-22(16-7-9-18(24)10-8-16)23(27-26-14)25-13-19-20(28)11-17(12-21(19)29)15-5-3-2-4-6-15/h2-10,13,17,28H,11-12H2,1H3,(H,26,27). The Balaban J connectivity index is 1.61. The van der Waals surface area contributed by atoms with Crippen LogP contribution in [-0.2, 0) is 4.79 Å². The molecule has 0 radical (unpaired) electrons. The van der Waals surface area contributed by atoms with Crippen LogP contribution in [0, 0.1) is 6.92 Å². The number of aromatic nitrogens is 2. The van der Waals surface area contributed by atoms with Crippen LogP contribution in [0.1, 0.15) is 30.0 Å². The van der Waals surface area contributed by atoms with Crippen molar-refractivity contribution in [2.45, 2.75) is 25.7 Å². The smallest absolute Gasteiger partial charge is 0.181 e. The average molecular weight is 406 g/mol. The second kappa shape index (κ2) is 8.05. The first kappa shape index (κ1) is 19.2. The molecule has 0 aliphatic heterocycles. The Morgan fingerprint density at radius 1 is 1.14 bits per heavy atom. The summed E-state index contributed by atoms with van der Waals surface area (Å²) in [4.78, 5) is 17.1. The largest absolute Gasteiger partial charge is 0.511 e. The molecule has 0 amide bonds. The molecule has 6 heteroatoms. The van der Waals surface area contributed by atoms with Crippen LogP contribution in [-0.4, -0.2) is 27.3 Å². The fourth-order valence-electron chi connectivity index (χ4n) is 3.62. The molecule has 146 valence electrons. The fraction of sp³-hybridized carbons (Fsp3) is 0.174. The molecule has 0 bridgehead atoms. The van der Waals surface area contributed by atoms with Gasteiger partial charge < -0.3 is 5.11 Å². The second-order valence-corrected chi connectivity index (χ2v) is 7.55. The minimum atomic E-state index is -0.119. The summed E-state index contributed by atoms with van der Waals surface area (Å²) >= 11 is 5.98. The number of aliphatic imine (C=N–C) groups is 1. The summed E-state index contributed by atoms with van der Waals surface area (Å²) in [5.41, 5.74) is 3.92. The Morgan fingerprint density at radius 3 is 2.55 bits per heavy atom. The van der Waals surface area contributed by atoms with Gasteiger partial charge in [-0.15, -0.1) is 0 Å². The van der Waals surface area contributed by atoms with Crippen LogP contribution in [0.2, 0.25) is 5.02 Å². The van der Waals surface area contributed by atoms with E-state index in [0.717, 1.165) is 22.4 Å². The Kier molecular flexibility index (Phi) is 5.32. The van der Waals surface area contributed by atoms with Crippen molar-refractivity contribution in [2.24, 2.45) is 4.99 Å². The van der Waals surface area contributed by atoms with Crippen LogP contribution in [0.15, 0.2) is 70.9 Å². The molecule has 1 atom stereocenters. The summed E-state index contributed by atoms with van der Waals surface area (Å²) in [6.07, 6.45) is 2.19. The van der Waals surface area contributed by atoms with Crippen molar-refractivity contribution < 1.29 is 9.90 Å². The topological polar surface area (TPSA) is 78.3 Å². The van der Waals surface area contributed by atoms with E-state index in [2.05, 4.69) is 15.2 Å². The molecule has 29 heavy (non-hydrogen) atoms. The van der Waals surface area contributed by atoms with Gasteiger partial charge in [0.2, 0.25) is 0 Å². The number of hydrogen-bond acceptors (Lipinski definition) is 4. The number of nitrogens with zero attached hydrogens (tertiary/aromatic N) is 2. The van der Waals surface area contributed by atoms with Crippen LogP contribution in [0.5, 0.6) is 0 Å². The SMILES string of the molecule is Cc1[nH]nc(N=CC2=C(O)CC(c3ccccc3)CC2=O)c1-c1ccc(Cl)cc1. The highest BCUT2D eigenvalue weighted by Gasteiger charge is 2.27. The van der Waals surface area contributed by atoms with Gasteiger partial charge in [-0.3, -0.25) is 9.89 Å². The highest BCUT2D eigenvalue weighted by atomic mass is 35.5. The van der Waals surface area contributed by atoms with Gasteiger partial charge in [-0.2, -0.15) is 5.10 Å². The van der Waals surface area contributed by atoms with Crippen molar-refractivity contribution in [2.75, 3.05) is 0 Å². The Bertz CT molecular complexity index is 1100. The lowest BCUT2D eigenvalue weighted by atomic mass is 9.83. The van der Waals surface area contributed by atoms with Gasteiger partial charge in [-0.05, 0) is 36.1 Å². The van der Waals surface area contributed by atoms with Crippen molar-refractivity contribution in [1.82, 2.24) is 10.2 Å². The van der Waals surface area contributed by atoms with E-state index in [-0.39, 0.29) is 23.0 Å². The Morgan fingerprint density at radius 2 is 1.86 bits per heavy atom. The highest BCUT2D eigenvalue weighted by molar-refractivity contribution is 6.30. The van der Waals surface area contributed by atoms with Gasteiger partial charge >= 0.3 is 0 Å². The van der Waals surface area contributed by atoms with Crippen molar-refractivity contribution in [1.29, 1.82) is 0 Å². The number of H-pyrrole nitrogens is 1.